The second kappa shape index (κ2) is 5.65. The summed E-state index contributed by atoms with van der Waals surface area (Å²) in [6.45, 7) is 4.84. The molecule has 0 radical (unpaired) electrons. The average molecular weight is 242 g/mol. The number of nitrogens with one attached hydrogen (secondary N) is 1. The minimum atomic E-state index is 0.109. The zero-order valence-electron chi connectivity index (χ0n) is 10.7. The van der Waals surface area contributed by atoms with E-state index in [0.717, 1.165) is 17.7 Å². The van der Waals surface area contributed by atoms with E-state index in [0.29, 0.717) is 5.75 Å². The Morgan fingerprint density at radius 2 is 1.94 bits per heavy atom. The van der Waals surface area contributed by atoms with Gasteiger partial charge in [0.25, 0.3) is 0 Å². The summed E-state index contributed by atoms with van der Waals surface area (Å²) in [5, 5.41) is 13.2. The van der Waals surface area contributed by atoms with Crippen LogP contribution in [-0.4, -0.2) is 10.1 Å². The van der Waals surface area contributed by atoms with Gasteiger partial charge in [-0.2, -0.15) is 0 Å². The number of phenols is 1. The third-order valence-corrected chi connectivity index (χ3v) is 3.01. The van der Waals surface area contributed by atoms with Gasteiger partial charge in [0, 0.05) is 30.5 Å². The molecular formula is C15H18N2O. The minimum absolute atomic E-state index is 0.109. The highest BCUT2D eigenvalue weighted by Gasteiger charge is 2.09. The van der Waals surface area contributed by atoms with Crippen molar-refractivity contribution in [3.05, 3.63) is 59.4 Å². The maximum atomic E-state index is 9.85. The van der Waals surface area contributed by atoms with Crippen LogP contribution in [0, 0.1) is 6.92 Å². The van der Waals surface area contributed by atoms with Crippen molar-refractivity contribution in [1.29, 1.82) is 0 Å². The maximum absolute atomic E-state index is 9.85. The van der Waals surface area contributed by atoms with Gasteiger partial charge in [-0.3, -0.25) is 4.98 Å². The highest BCUT2D eigenvalue weighted by molar-refractivity contribution is 5.37. The third kappa shape index (κ3) is 3.08. The Hall–Kier alpha value is -1.87. The fourth-order valence-electron chi connectivity index (χ4n) is 1.90. The van der Waals surface area contributed by atoms with Gasteiger partial charge in [-0.1, -0.05) is 17.7 Å². The lowest BCUT2D eigenvalue weighted by molar-refractivity contribution is 0.452. The van der Waals surface area contributed by atoms with Crippen molar-refractivity contribution in [2.75, 3.05) is 0 Å². The number of rotatable bonds is 4. The average Bonchev–Trinajstić information content (AvgIpc) is 2.40. The molecular weight excluding hydrogens is 224 g/mol. The van der Waals surface area contributed by atoms with Crippen molar-refractivity contribution >= 4 is 0 Å². The van der Waals surface area contributed by atoms with Crippen LogP contribution in [0.25, 0.3) is 0 Å². The molecule has 0 bridgehead atoms. The van der Waals surface area contributed by atoms with Crippen molar-refractivity contribution in [2.24, 2.45) is 0 Å². The third-order valence-electron chi connectivity index (χ3n) is 3.01. The van der Waals surface area contributed by atoms with Gasteiger partial charge in [0.1, 0.15) is 5.75 Å². The molecule has 0 aliphatic carbocycles. The van der Waals surface area contributed by atoms with Crippen LogP contribution in [0.2, 0.25) is 0 Å². The van der Waals surface area contributed by atoms with E-state index in [4.69, 9.17) is 0 Å². The second-order valence-corrected chi connectivity index (χ2v) is 4.52. The smallest absolute Gasteiger partial charge is 0.120 e. The minimum Gasteiger partial charge on any atom is -0.508 e. The molecule has 2 aromatic rings. The molecule has 1 atom stereocenters. The predicted octanol–water partition coefficient (Wildman–Crippen LogP) is 2.95. The number of hydrogen-bond acceptors (Lipinski definition) is 3. The van der Waals surface area contributed by atoms with E-state index in [1.54, 1.807) is 18.5 Å². The number of aryl methyl sites for hydroxylation is 1. The van der Waals surface area contributed by atoms with E-state index < -0.39 is 0 Å². The van der Waals surface area contributed by atoms with Crippen molar-refractivity contribution in [2.45, 2.75) is 26.4 Å². The molecule has 1 heterocycles. The first kappa shape index (κ1) is 12.6. The lowest BCUT2D eigenvalue weighted by Gasteiger charge is -2.16. The topological polar surface area (TPSA) is 45.1 Å². The van der Waals surface area contributed by atoms with Crippen LogP contribution in [0.4, 0.5) is 0 Å². The molecule has 3 heteroatoms. The number of nitrogens with zero attached hydrogens (tertiary/aromatic N) is 1. The molecule has 0 saturated carbocycles. The van der Waals surface area contributed by atoms with E-state index in [1.807, 2.05) is 31.2 Å². The van der Waals surface area contributed by atoms with Gasteiger partial charge in [-0.25, -0.2) is 0 Å². The Labute approximate surface area is 108 Å². The Balaban J connectivity index is 2.03. The summed E-state index contributed by atoms with van der Waals surface area (Å²) in [5.74, 6) is 0.343. The van der Waals surface area contributed by atoms with Gasteiger partial charge in [-0.05, 0) is 37.6 Å². The van der Waals surface area contributed by atoms with Crippen LogP contribution in [0.1, 0.15) is 29.7 Å². The summed E-state index contributed by atoms with van der Waals surface area (Å²) in [5.41, 5.74) is 3.27. The van der Waals surface area contributed by atoms with E-state index in [9.17, 15) is 5.11 Å². The Morgan fingerprint density at radius 3 is 2.67 bits per heavy atom. The highest BCUT2D eigenvalue weighted by atomic mass is 16.3. The normalized spacial score (nSPS) is 12.3. The maximum Gasteiger partial charge on any atom is 0.120 e. The summed E-state index contributed by atoms with van der Waals surface area (Å²) in [6.07, 6.45) is 3.57. The fourth-order valence-corrected chi connectivity index (χ4v) is 1.90. The number of aromatic hydroxyl groups is 1. The van der Waals surface area contributed by atoms with Crippen LogP contribution in [0.3, 0.4) is 0 Å². The summed E-state index contributed by atoms with van der Waals surface area (Å²) >= 11 is 0. The van der Waals surface area contributed by atoms with E-state index in [1.165, 1.54) is 5.56 Å². The van der Waals surface area contributed by atoms with E-state index in [-0.39, 0.29) is 6.04 Å². The molecule has 3 nitrogen and oxygen atoms in total. The van der Waals surface area contributed by atoms with Crippen LogP contribution in [0.5, 0.6) is 5.75 Å². The van der Waals surface area contributed by atoms with Crippen molar-refractivity contribution in [3.8, 4) is 5.75 Å². The van der Waals surface area contributed by atoms with Crippen LogP contribution >= 0.6 is 0 Å². The van der Waals surface area contributed by atoms with Gasteiger partial charge in [0.15, 0.2) is 0 Å². The largest absolute Gasteiger partial charge is 0.508 e. The van der Waals surface area contributed by atoms with Crippen molar-refractivity contribution < 1.29 is 5.11 Å². The number of pyridine rings is 1. The highest BCUT2D eigenvalue weighted by Crippen LogP contribution is 2.25. The molecule has 0 saturated heterocycles. The van der Waals surface area contributed by atoms with Gasteiger partial charge in [-0.15, -0.1) is 0 Å². The number of benzene rings is 1. The van der Waals surface area contributed by atoms with Crippen molar-refractivity contribution in [3.63, 3.8) is 0 Å². The summed E-state index contributed by atoms with van der Waals surface area (Å²) < 4.78 is 0. The zero-order valence-corrected chi connectivity index (χ0v) is 10.7. The molecule has 18 heavy (non-hydrogen) atoms. The molecule has 0 fully saturated rings. The molecule has 0 aliphatic heterocycles. The quantitative estimate of drug-likeness (QED) is 0.866. The van der Waals surface area contributed by atoms with E-state index >= 15 is 0 Å². The lowest BCUT2D eigenvalue weighted by Crippen LogP contribution is -2.18. The van der Waals surface area contributed by atoms with Crippen molar-refractivity contribution in [1.82, 2.24) is 10.3 Å². The second-order valence-electron chi connectivity index (χ2n) is 4.52. The van der Waals surface area contributed by atoms with Crippen LogP contribution < -0.4 is 5.32 Å². The molecule has 94 valence electrons. The first-order valence-corrected chi connectivity index (χ1v) is 6.08. The molecule has 1 unspecified atom stereocenters. The summed E-state index contributed by atoms with van der Waals surface area (Å²) in [4.78, 5) is 3.99. The molecule has 2 N–H and O–H groups in total. The molecule has 0 spiro atoms. The molecule has 2 rings (SSSR count). The van der Waals surface area contributed by atoms with Gasteiger partial charge >= 0.3 is 0 Å². The zero-order chi connectivity index (χ0) is 13.0. The fraction of sp³-hybridized carbons (Fsp3) is 0.267. The number of phenolic OH excluding ortho intramolecular Hbond substituents is 1. The van der Waals surface area contributed by atoms with E-state index in [2.05, 4.69) is 17.2 Å². The van der Waals surface area contributed by atoms with Crippen LogP contribution in [-0.2, 0) is 6.54 Å². The first-order valence-electron chi connectivity index (χ1n) is 6.08. The Kier molecular flexibility index (Phi) is 3.95. The summed E-state index contributed by atoms with van der Waals surface area (Å²) in [6, 6.07) is 9.74. The Morgan fingerprint density at radius 1 is 1.22 bits per heavy atom. The van der Waals surface area contributed by atoms with Crippen LogP contribution in [0.15, 0.2) is 42.7 Å². The van der Waals surface area contributed by atoms with Gasteiger partial charge in [0.05, 0.1) is 0 Å². The number of hydrogen-bond donors (Lipinski definition) is 2. The monoisotopic (exact) mass is 242 g/mol. The standard InChI is InChI=1S/C15H18N2O/c1-11-3-4-15(18)14(9-11)12(2)17-10-13-5-7-16-8-6-13/h3-9,12,17-18H,10H2,1-2H3. The molecule has 1 aromatic carbocycles. The lowest BCUT2D eigenvalue weighted by atomic mass is 10.0. The van der Waals surface area contributed by atoms with Gasteiger partial charge < -0.3 is 10.4 Å². The SMILES string of the molecule is Cc1ccc(O)c(C(C)NCc2ccncc2)c1. The first-order chi connectivity index (χ1) is 8.66. The predicted molar refractivity (Wildman–Crippen MR) is 72.3 cm³/mol. The Bertz CT molecular complexity index is 511. The molecule has 0 amide bonds. The molecule has 0 aliphatic rings. The van der Waals surface area contributed by atoms with Gasteiger partial charge in [0.2, 0.25) is 0 Å². The molecule has 1 aromatic heterocycles. The summed E-state index contributed by atoms with van der Waals surface area (Å²) in [7, 11) is 0. The number of aromatic nitrogens is 1.